The summed E-state index contributed by atoms with van der Waals surface area (Å²) in [5.74, 6) is 0.859. The van der Waals surface area contributed by atoms with Gasteiger partial charge in [-0.05, 0) is 6.42 Å². The molecule has 0 saturated heterocycles. The smallest absolute Gasteiger partial charge is 0.256 e. The summed E-state index contributed by atoms with van der Waals surface area (Å²) in [4.78, 5) is 4.01. The number of aliphatic hydroxyl groups is 1. The lowest BCUT2D eigenvalue weighted by Crippen LogP contribution is -2.11. The van der Waals surface area contributed by atoms with E-state index in [0.29, 0.717) is 5.82 Å². The molecule has 13 heavy (non-hydrogen) atoms. The van der Waals surface area contributed by atoms with Crippen molar-refractivity contribution in [1.29, 1.82) is 0 Å². The van der Waals surface area contributed by atoms with Crippen molar-refractivity contribution >= 4 is 0 Å². The highest BCUT2D eigenvalue weighted by molar-refractivity contribution is 4.90. The third-order valence-electron chi connectivity index (χ3n) is 1.75. The van der Waals surface area contributed by atoms with Crippen molar-refractivity contribution in [2.45, 2.75) is 32.3 Å². The Morgan fingerprint density at radius 1 is 1.62 bits per heavy atom. The molecular formula is C8H15N3O2. The van der Waals surface area contributed by atoms with Gasteiger partial charge in [-0.1, -0.05) is 18.5 Å². The second-order valence-corrected chi connectivity index (χ2v) is 2.90. The Hall–Kier alpha value is -0.940. The van der Waals surface area contributed by atoms with Gasteiger partial charge in [0.05, 0.1) is 0 Å². The molecule has 0 amide bonds. The van der Waals surface area contributed by atoms with E-state index < -0.39 is 6.10 Å². The number of nitrogens with zero attached hydrogens (tertiary/aromatic N) is 2. The fourth-order valence-corrected chi connectivity index (χ4v) is 0.940. The molecule has 5 heteroatoms. The number of aromatic nitrogens is 2. The predicted octanol–water partition coefficient (Wildman–Crippen LogP) is 0.404. The van der Waals surface area contributed by atoms with Gasteiger partial charge in [-0.3, -0.25) is 0 Å². The Morgan fingerprint density at radius 2 is 2.38 bits per heavy atom. The average Bonchev–Trinajstić information content (AvgIpc) is 2.62. The van der Waals surface area contributed by atoms with Crippen molar-refractivity contribution in [3.05, 3.63) is 11.7 Å². The van der Waals surface area contributed by atoms with Crippen molar-refractivity contribution in [3.8, 4) is 0 Å². The van der Waals surface area contributed by atoms with Crippen LogP contribution in [0.2, 0.25) is 0 Å². The minimum Gasteiger partial charge on any atom is -0.382 e. The lowest BCUT2D eigenvalue weighted by molar-refractivity contribution is 0.141. The molecule has 0 saturated carbocycles. The van der Waals surface area contributed by atoms with Crippen LogP contribution in [0, 0.1) is 0 Å². The highest BCUT2D eigenvalue weighted by atomic mass is 16.5. The number of rotatable bonds is 5. The van der Waals surface area contributed by atoms with E-state index in [1.165, 1.54) is 0 Å². The van der Waals surface area contributed by atoms with Gasteiger partial charge in [0.1, 0.15) is 6.10 Å². The number of hydrogen-bond acceptors (Lipinski definition) is 5. The standard InChI is InChI=1S/C8H15N3O2/c1-2-3-4-7-10-8(13-11-7)6(12)5-9/h6,12H,2-5,9H2,1H3. The Morgan fingerprint density at radius 3 is 3.00 bits per heavy atom. The molecule has 5 nitrogen and oxygen atoms in total. The third-order valence-corrected chi connectivity index (χ3v) is 1.75. The first-order chi connectivity index (χ1) is 6.27. The zero-order valence-corrected chi connectivity index (χ0v) is 7.73. The SMILES string of the molecule is CCCCc1noc(C(O)CN)n1. The summed E-state index contributed by atoms with van der Waals surface area (Å²) in [7, 11) is 0. The fourth-order valence-electron chi connectivity index (χ4n) is 0.940. The molecule has 1 atom stereocenters. The maximum Gasteiger partial charge on any atom is 0.256 e. The Bertz CT molecular complexity index is 249. The van der Waals surface area contributed by atoms with E-state index in [9.17, 15) is 5.11 Å². The Balaban J connectivity index is 2.53. The highest BCUT2D eigenvalue weighted by Gasteiger charge is 2.13. The highest BCUT2D eigenvalue weighted by Crippen LogP contribution is 2.09. The zero-order valence-electron chi connectivity index (χ0n) is 7.73. The number of aryl methyl sites for hydroxylation is 1. The molecule has 0 aliphatic rings. The van der Waals surface area contributed by atoms with E-state index in [2.05, 4.69) is 17.1 Å². The van der Waals surface area contributed by atoms with E-state index in [4.69, 9.17) is 10.3 Å². The molecule has 0 aliphatic heterocycles. The number of nitrogens with two attached hydrogens (primary N) is 1. The van der Waals surface area contributed by atoms with Crippen LogP contribution in [0.15, 0.2) is 4.52 Å². The normalized spacial score (nSPS) is 13.2. The fraction of sp³-hybridized carbons (Fsp3) is 0.750. The predicted molar refractivity (Wildman–Crippen MR) is 46.9 cm³/mol. The van der Waals surface area contributed by atoms with Gasteiger partial charge >= 0.3 is 0 Å². The summed E-state index contributed by atoms with van der Waals surface area (Å²) in [5.41, 5.74) is 5.24. The molecule has 0 fully saturated rings. The van der Waals surface area contributed by atoms with Crippen LogP contribution < -0.4 is 5.73 Å². The largest absolute Gasteiger partial charge is 0.382 e. The molecule has 1 aromatic heterocycles. The van der Waals surface area contributed by atoms with E-state index in [-0.39, 0.29) is 12.4 Å². The van der Waals surface area contributed by atoms with E-state index in [1.54, 1.807) is 0 Å². The minimum absolute atomic E-state index is 0.107. The number of hydrogen-bond donors (Lipinski definition) is 2. The van der Waals surface area contributed by atoms with Crippen molar-refractivity contribution in [2.24, 2.45) is 5.73 Å². The first-order valence-electron chi connectivity index (χ1n) is 4.48. The van der Waals surface area contributed by atoms with Gasteiger partial charge in [-0.15, -0.1) is 0 Å². The minimum atomic E-state index is -0.831. The van der Waals surface area contributed by atoms with E-state index >= 15 is 0 Å². The van der Waals surface area contributed by atoms with Crippen LogP contribution in [-0.2, 0) is 6.42 Å². The van der Waals surface area contributed by atoms with Gasteiger partial charge in [-0.25, -0.2) is 0 Å². The van der Waals surface area contributed by atoms with Crippen LogP contribution in [0.4, 0.5) is 0 Å². The monoisotopic (exact) mass is 185 g/mol. The van der Waals surface area contributed by atoms with Crippen molar-refractivity contribution in [1.82, 2.24) is 10.1 Å². The van der Waals surface area contributed by atoms with Crippen LogP contribution in [0.3, 0.4) is 0 Å². The van der Waals surface area contributed by atoms with Crippen molar-refractivity contribution in [3.63, 3.8) is 0 Å². The van der Waals surface area contributed by atoms with Crippen LogP contribution in [0.5, 0.6) is 0 Å². The summed E-state index contributed by atoms with van der Waals surface area (Å²) < 4.78 is 4.82. The van der Waals surface area contributed by atoms with Crippen molar-refractivity contribution < 1.29 is 9.63 Å². The quantitative estimate of drug-likeness (QED) is 0.693. The molecule has 0 radical (unpaired) electrons. The molecule has 1 rings (SSSR count). The summed E-state index contributed by atoms with van der Waals surface area (Å²) >= 11 is 0. The Kier molecular flexibility index (Phi) is 3.85. The van der Waals surface area contributed by atoms with Crippen LogP contribution >= 0.6 is 0 Å². The van der Waals surface area contributed by atoms with Crippen molar-refractivity contribution in [2.75, 3.05) is 6.54 Å². The van der Waals surface area contributed by atoms with Crippen LogP contribution in [-0.4, -0.2) is 21.8 Å². The molecule has 3 N–H and O–H groups in total. The molecule has 0 aromatic carbocycles. The zero-order chi connectivity index (χ0) is 9.68. The van der Waals surface area contributed by atoms with E-state index in [1.807, 2.05) is 0 Å². The molecular weight excluding hydrogens is 170 g/mol. The van der Waals surface area contributed by atoms with Crippen LogP contribution in [0.1, 0.15) is 37.6 Å². The first-order valence-corrected chi connectivity index (χ1v) is 4.48. The summed E-state index contributed by atoms with van der Waals surface area (Å²) in [6.07, 6.45) is 2.07. The molecule has 1 heterocycles. The first kappa shape index (κ1) is 10.1. The Labute approximate surface area is 76.9 Å². The molecule has 0 bridgehead atoms. The lowest BCUT2D eigenvalue weighted by atomic mass is 10.2. The molecule has 0 spiro atoms. The average molecular weight is 185 g/mol. The summed E-state index contributed by atoms with van der Waals surface area (Å²) in [6.45, 7) is 2.20. The summed E-state index contributed by atoms with van der Waals surface area (Å²) in [5, 5.41) is 13.0. The number of aliphatic hydroxyl groups excluding tert-OH is 1. The second kappa shape index (κ2) is 4.94. The lowest BCUT2D eigenvalue weighted by Gasteiger charge is -1.97. The number of unbranched alkanes of at least 4 members (excludes halogenated alkanes) is 1. The maximum atomic E-state index is 9.25. The van der Waals surface area contributed by atoms with Crippen LogP contribution in [0.25, 0.3) is 0 Å². The van der Waals surface area contributed by atoms with Gasteiger partial charge in [0, 0.05) is 13.0 Å². The van der Waals surface area contributed by atoms with Gasteiger partial charge in [0.15, 0.2) is 5.82 Å². The topological polar surface area (TPSA) is 85.2 Å². The maximum absolute atomic E-state index is 9.25. The third kappa shape index (κ3) is 2.78. The molecule has 1 unspecified atom stereocenters. The summed E-state index contributed by atoms with van der Waals surface area (Å²) in [6, 6.07) is 0. The van der Waals surface area contributed by atoms with Gasteiger partial charge in [-0.2, -0.15) is 4.98 Å². The second-order valence-electron chi connectivity index (χ2n) is 2.90. The van der Waals surface area contributed by atoms with E-state index in [0.717, 1.165) is 19.3 Å². The molecule has 0 aliphatic carbocycles. The van der Waals surface area contributed by atoms with Gasteiger partial charge in [0.2, 0.25) is 0 Å². The molecule has 74 valence electrons. The van der Waals surface area contributed by atoms with Gasteiger partial charge < -0.3 is 15.4 Å². The molecule has 1 aromatic rings. The van der Waals surface area contributed by atoms with Gasteiger partial charge in [0.25, 0.3) is 5.89 Å².